The fourth-order valence-electron chi connectivity index (χ4n) is 0.440. The summed E-state index contributed by atoms with van der Waals surface area (Å²) >= 11 is 5.40. The summed E-state index contributed by atoms with van der Waals surface area (Å²) in [5.74, 6) is -0.582. The maximum Gasteiger partial charge on any atom is 0.326 e. The Morgan fingerprint density at radius 3 is 2.36 bits per heavy atom. The Morgan fingerprint density at radius 1 is 1.64 bits per heavy atom. The standard InChI is InChI=1S/C7H13ClO3/c1-7(2,3)11-6(10)5(8)4-9/h5,9H,4H2,1-3H3/t5-/m0/s1. The van der Waals surface area contributed by atoms with Crippen LogP contribution in [0.1, 0.15) is 20.8 Å². The van der Waals surface area contributed by atoms with E-state index >= 15 is 0 Å². The van der Waals surface area contributed by atoms with Gasteiger partial charge in [0.1, 0.15) is 5.60 Å². The van der Waals surface area contributed by atoms with E-state index < -0.39 is 23.6 Å². The average Bonchev–Trinajstić information content (AvgIpc) is 1.82. The Balaban J connectivity index is 3.88. The number of aliphatic hydroxyl groups is 1. The van der Waals surface area contributed by atoms with Crippen molar-refractivity contribution in [2.24, 2.45) is 0 Å². The largest absolute Gasteiger partial charge is 0.459 e. The topological polar surface area (TPSA) is 46.5 Å². The Bertz CT molecular complexity index is 139. The predicted octanol–water partition coefficient (Wildman–Crippen LogP) is 0.928. The number of rotatable bonds is 2. The molecular weight excluding hydrogens is 168 g/mol. The lowest BCUT2D eigenvalue weighted by molar-refractivity contribution is -0.155. The molecule has 0 spiro atoms. The van der Waals surface area contributed by atoms with Gasteiger partial charge in [0.05, 0.1) is 6.61 Å². The van der Waals surface area contributed by atoms with Crippen LogP contribution in [0.5, 0.6) is 0 Å². The van der Waals surface area contributed by atoms with Crippen molar-refractivity contribution in [1.29, 1.82) is 0 Å². The molecule has 0 aromatic carbocycles. The number of carbonyl (C=O) groups is 1. The van der Waals surface area contributed by atoms with Gasteiger partial charge < -0.3 is 9.84 Å². The Morgan fingerprint density at radius 2 is 2.09 bits per heavy atom. The van der Waals surface area contributed by atoms with Crippen LogP contribution in [0.25, 0.3) is 0 Å². The number of aliphatic hydroxyl groups excluding tert-OH is 1. The molecule has 1 N–H and O–H groups in total. The molecule has 0 unspecified atom stereocenters. The lowest BCUT2D eigenvalue weighted by Crippen LogP contribution is -2.30. The minimum atomic E-state index is -0.950. The van der Waals surface area contributed by atoms with Gasteiger partial charge in [-0.25, -0.2) is 0 Å². The van der Waals surface area contributed by atoms with Crippen molar-refractivity contribution in [2.75, 3.05) is 6.61 Å². The average molecular weight is 181 g/mol. The summed E-state index contributed by atoms with van der Waals surface area (Å²) in [5, 5.41) is 7.52. The molecule has 0 aliphatic carbocycles. The molecule has 0 bridgehead atoms. The van der Waals surface area contributed by atoms with Crippen molar-refractivity contribution in [2.45, 2.75) is 31.7 Å². The second-order valence-corrected chi connectivity index (χ2v) is 3.71. The first-order valence-electron chi connectivity index (χ1n) is 3.34. The van der Waals surface area contributed by atoms with E-state index in [0.29, 0.717) is 0 Å². The number of hydrogen-bond acceptors (Lipinski definition) is 3. The van der Waals surface area contributed by atoms with E-state index in [1.54, 1.807) is 20.8 Å². The molecule has 0 saturated carbocycles. The van der Waals surface area contributed by atoms with Crippen molar-refractivity contribution in [3.63, 3.8) is 0 Å². The fourth-order valence-corrected chi connectivity index (χ4v) is 0.485. The zero-order valence-corrected chi connectivity index (χ0v) is 7.68. The number of esters is 1. The molecule has 0 saturated heterocycles. The van der Waals surface area contributed by atoms with Crippen molar-refractivity contribution in [1.82, 2.24) is 0 Å². The molecule has 0 aromatic rings. The predicted molar refractivity (Wildman–Crippen MR) is 42.6 cm³/mol. The van der Waals surface area contributed by atoms with E-state index in [1.807, 2.05) is 0 Å². The van der Waals surface area contributed by atoms with Gasteiger partial charge in [-0.1, -0.05) is 0 Å². The molecule has 1 atom stereocenters. The van der Waals surface area contributed by atoms with Gasteiger partial charge >= 0.3 is 5.97 Å². The van der Waals surface area contributed by atoms with E-state index in [9.17, 15) is 4.79 Å². The quantitative estimate of drug-likeness (QED) is 0.508. The van der Waals surface area contributed by atoms with Crippen molar-refractivity contribution < 1.29 is 14.6 Å². The highest BCUT2D eigenvalue weighted by molar-refractivity contribution is 6.30. The zero-order chi connectivity index (χ0) is 9.07. The molecule has 0 amide bonds. The van der Waals surface area contributed by atoms with Crippen LogP contribution in [0.15, 0.2) is 0 Å². The van der Waals surface area contributed by atoms with Crippen LogP contribution >= 0.6 is 11.6 Å². The van der Waals surface area contributed by atoms with Gasteiger partial charge in [0.25, 0.3) is 0 Å². The second kappa shape index (κ2) is 3.93. The van der Waals surface area contributed by atoms with Crippen LogP contribution < -0.4 is 0 Å². The van der Waals surface area contributed by atoms with Crippen molar-refractivity contribution in [3.05, 3.63) is 0 Å². The Labute approximate surface area is 71.3 Å². The summed E-state index contributed by atoms with van der Waals surface area (Å²) in [7, 11) is 0. The van der Waals surface area contributed by atoms with E-state index in [-0.39, 0.29) is 0 Å². The highest BCUT2D eigenvalue weighted by atomic mass is 35.5. The number of alkyl halides is 1. The van der Waals surface area contributed by atoms with Crippen LogP contribution in [0.3, 0.4) is 0 Å². The Hall–Kier alpha value is -0.280. The SMILES string of the molecule is CC(C)(C)OC(=O)[C@@H](Cl)CO. The van der Waals surface area contributed by atoms with Gasteiger partial charge in [-0.2, -0.15) is 0 Å². The normalized spacial score (nSPS) is 14.3. The van der Waals surface area contributed by atoms with E-state index in [2.05, 4.69) is 0 Å². The minimum Gasteiger partial charge on any atom is -0.459 e. The summed E-state index contributed by atoms with van der Waals surface area (Å²) in [6.45, 7) is 4.83. The van der Waals surface area contributed by atoms with Gasteiger partial charge in [-0.05, 0) is 20.8 Å². The Kier molecular flexibility index (Phi) is 3.83. The second-order valence-electron chi connectivity index (χ2n) is 3.18. The molecule has 0 radical (unpaired) electrons. The summed E-state index contributed by atoms with van der Waals surface area (Å²) in [6.07, 6.45) is 0. The third-order valence-corrected chi connectivity index (χ3v) is 1.14. The van der Waals surface area contributed by atoms with Crippen molar-refractivity contribution >= 4 is 17.6 Å². The maximum atomic E-state index is 10.9. The van der Waals surface area contributed by atoms with Gasteiger partial charge in [-0.15, -0.1) is 11.6 Å². The molecule has 66 valence electrons. The van der Waals surface area contributed by atoms with Crippen LogP contribution in [0.2, 0.25) is 0 Å². The summed E-state index contributed by atoms with van der Waals surface area (Å²) in [6, 6.07) is 0. The lowest BCUT2D eigenvalue weighted by atomic mass is 10.2. The van der Waals surface area contributed by atoms with Crippen LogP contribution in [0.4, 0.5) is 0 Å². The highest BCUT2D eigenvalue weighted by Gasteiger charge is 2.22. The van der Waals surface area contributed by atoms with Gasteiger partial charge in [-0.3, -0.25) is 4.79 Å². The first-order valence-corrected chi connectivity index (χ1v) is 3.78. The molecule has 0 aliphatic rings. The fraction of sp³-hybridized carbons (Fsp3) is 0.857. The van der Waals surface area contributed by atoms with E-state index in [1.165, 1.54) is 0 Å². The van der Waals surface area contributed by atoms with Gasteiger partial charge in [0.2, 0.25) is 0 Å². The van der Waals surface area contributed by atoms with E-state index in [4.69, 9.17) is 21.4 Å². The van der Waals surface area contributed by atoms with E-state index in [0.717, 1.165) is 0 Å². The minimum absolute atomic E-state index is 0.392. The third-order valence-electron chi connectivity index (χ3n) is 0.823. The first kappa shape index (κ1) is 10.7. The zero-order valence-electron chi connectivity index (χ0n) is 6.93. The smallest absolute Gasteiger partial charge is 0.326 e. The number of hydrogen-bond donors (Lipinski definition) is 1. The van der Waals surface area contributed by atoms with Crippen LogP contribution in [-0.2, 0) is 9.53 Å². The summed E-state index contributed by atoms with van der Waals surface area (Å²) in [5.41, 5.74) is -0.542. The first-order chi connectivity index (χ1) is 4.87. The summed E-state index contributed by atoms with van der Waals surface area (Å²) in [4.78, 5) is 10.9. The molecular formula is C7H13ClO3. The maximum absolute atomic E-state index is 10.9. The van der Waals surface area contributed by atoms with Crippen molar-refractivity contribution in [3.8, 4) is 0 Å². The summed E-state index contributed by atoms with van der Waals surface area (Å²) < 4.78 is 4.86. The lowest BCUT2D eigenvalue weighted by Gasteiger charge is -2.20. The molecule has 0 aromatic heterocycles. The monoisotopic (exact) mass is 180 g/mol. The van der Waals surface area contributed by atoms with Gasteiger partial charge in [0, 0.05) is 0 Å². The van der Waals surface area contributed by atoms with Gasteiger partial charge in [0.15, 0.2) is 5.38 Å². The molecule has 0 rings (SSSR count). The molecule has 0 heterocycles. The number of halogens is 1. The number of carbonyl (C=O) groups excluding carboxylic acids is 1. The highest BCUT2D eigenvalue weighted by Crippen LogP contribution is 2.10. The third kappa shape index (κ3) is 5.04. The molecule has 0 aliphatic heterocycles. The molecule has 0 fully saturated rings. The molecule has 3 nitrogen and oxygen atoms in total. The van der Waals surface area contributed by atoms with Crippen LogP contribution in [0, 0.1) is 0 Å². The molecule has 4 heteroatoms. The molecule has 11 heavy (non-hydrogen) atoms. The number of ether oxygens (including phenoxy) is 1. The van der Waals surface area contributed by atoms with Crippen LogP contribution in [-0.4, -0.2) is 28.7 Å².